The Hall–Kier alpha value is -2.93. The van der Waals surface area contributed by atoms with Crippen molar-refractivity contribution in [3.8, 4) is 0 Å². The van der Waals surface area contributed by atoms with Gasteiger partial charge in [-0.1, -0.05) is 43.2 Å². The van der Waals surface area contributed by atoms with E-state index in [9.17, 15) is 14.4 Å². The van der Waals surface area contributed by atoms with E-state index in [0.29, 0.717) is 13.1 Å². The summed E-state index contributed by atoms with van der Waals surface area (Å²) in [6.07, 6.45) is 11.6. The van der Waals surface area contributed by atoms with Crippen molar-refractivity contribution in [2.45, 2.75) is 70.0 Å². The van der Waals surface area contributed by atoms with Gasteiger partial charge in [0.15, 0.2) is 0 Å². The van der Waals surface area contributed by atoms with Gasteiger partial charge in [-0.2, -0.15) is 0 Å². The summed E-state index contributed by atoms with van der Waals surface area (Å²) in [5.41, 5.74) is 1.05. The van der Waals surface area contributed by atoms with E-state index in [4.69, 9.17) is 0 Å². The van der Waals surface area contributed by atoms with E-state index in [1.807, 2.05) is 22.8 Å². The van der Waals surface area contributed by atoms with Crippen molar-refractivity contribution in [2.24, 2.45) is 0 Å². The maximum absolute atomic E-state index is 13.4. The zero-order chi connectivity index (χ0) is 24.2. The third-order valence-corrected chi connectivity index (χ3v) is 7.77. The quantitative estimate of drug-likeness (QED) is 0.692. The molecule has 3 fully saturated rings. The first-order chi connectivity index (χ1) is 17.1. The molecule has 3 heterocycles. The number of nitrogens with zero attached hydrogens (tertiary/aromatic N) is 3. The fourth-order valence-corrected chi connectivity index (χ4v) is 5.79. The van der Waals surface area contributed by atoms with Gasteiger partial charge >= 0.3 is 0 Å². The molecule has 5 rings (SSSR count). The van der Waals surface area contributed by atoms with Gasteiger partial charge in [-0.15, -0.1) is 0 Å². The minimum Gasteiger partial charge on any atom is -0.349 e. The van der Waals surface area contributed by atoms with Crippen LogP contribution in [-0.2, 0) is 6.54 Å². The highest BCUT2D eigenvalue weighted by Crippen LogP contribution is 2.29. The Morgan fingerprint density at radius 1 is 0.857 bits per heavy atom. The Bertz CT molecular complexity index is 1100. The van der Waals surface area contributed by atoms with Crippen molar-refractivity contribution < 1.29 is 9.59 Å². The van der Waals surface area contributed by atoms with Gasteiger partial charge in [0.05, 0.1) is 0 Å². The molecule has 0 radical (unpaired) electrons. The predicted octanol–water partition coefficient (Wildman–Crippen LogP) is 3.59. The molecule has 1 N–H and O–H groups in total. The van der Waals surface area contributed by atoms with Crippen molar-refractivity contribution in [3.63, 3.8) is 0 Å². The number of hydrogen-bond acceptors (Lipinski definition) is 4. The van der Waals surface area contributed by atoms with Crippen LogP contribution in [0.5, 0.6) is 0 Å². The van der Waals surface area contributed by atoms with Crippen LogP contribution in [0.4, 0.5) is 0 Å². The maximum Gasteiger partial charge on any atom is 0.259 e. The molecule has 186 valence electrons. The number of amides is 2. The summed E-state index contributed by atoms with van der Waals surface area (Å²) < 4.78 is 1.97. The number of carbonyl (C=O) groups is 2. The molecule has 0 bridgehead atoms. The molecular weight excluding hydrogens is 440 g/mol. The third-order valence-electron chi connectivity index (χ3n) is 7.77. The van der Waals surface area contributed by atoms with Gasteiger partial charge in [0, 0.05) is 57.2 Å². The largest absolute Gasteiger partial charge is 0.349 e. The summed E-state index contributed by atoms with van der Waals surface area (Å²) in [6, 6.07) is 10.6. The molecule has 7 nitrogen and oxygen atoms in total. The van der Waals surface area contributed by atoms with E-state index in [2.05, 4.69) is 22.3 Å². The van der Waals surface area contributed by atoms with Crippen LogP contribution in [0, 0.1) is 0 Å². The zero-order valence-corrected chi connectivity index (χ0v) is 20.5. The summed E-state index contributed by atoms with van der Waals surface area (Å²) in [4.78, 5) is 44.1. The summed E-state index contributed by atoms with van der Waals surface area (Å²) in [5, 5.41) is 3.10. The fraction of sp³-hybridized carbons (Fsp3) is 0.536. The number of benzene rings is 1. The Kier molecular flexibility index (Phi) is 7.32. The first-order valence-electron chi connectivity index (χ1n) is 13.2. The van der Waals surface area contributed by atoms with Crippen LogP contribution in [0.25, 0.3) is 0 Å². The third kappa shape index (κ3) is 5.50. The lowest BCUT2D eigenvalue weighted by Gasteiger charge is -2.27. The van der Waals surface area contributed by atoms with Crippen molar-refractivity contribution >= 4 is 11.8 Å². The lowest BCUT2D eigenvalue weighted by Crippen LogP contribution is -2.42. The van der Waals surface area contributed by atoms with Gasteiger partial charge in [-0.3, -0.25) is 19.3 Å². The second kappa shape index (κ2) is 10.8. The van der Waals surface area contributed by atoms with Gasteiger partial charge in [-0.25, -0.2) is 0 Å². The van der Waals surface area contributed by atoms with E-state index in [-0.39, 0.29) is 35.0 Å². The standard InChI is InChI=1S/C28H36N4O3/c33-26-24(27(34)29-22-13-16-30(18-22)17-21-9-3-1-4-10-21)19-32(23-11-5-6-12-23)20-25(26)28(35)31-14-7-2-8-15-31/h1,3-4,9-10,19-20,22-23H,2,5-8,11-18H2,(H,29,34)/t22-/m1/s1. The van der Waals surface area contributed by atoms with E-state index in [1.54, 1.807) is 17.3 Å². The summed E-state index contributed by atoms with van der Waals surface area (Å²) in [7, 11) is 0. The van der Waals surface area contributed by atoms with Crippen LogP contribution in [-0.4, -0.2) is 58.4 Å². The molecule has 2 aliphatic heterocycles. The lowest BCUT2D eigenvalue weighted by atomic mass is 10.1. The Balaban J connectivity index is 1.34. The van der Waals surface area contributed by atoms with Crippen molar-refractivity contribution in [3.05, 3.63) is 69.6 Å². The number of hydrogen-bond donors (Lipinski definition) is 1. The van der Waals surface area contributed by atoms with E-state index < -0.39 is 5.43 Å². The van der Waals surface area contributed by atoms with Crippen molar-refractivity contribution in [2.75, 3.05) is 26.2 Å². The number of likely N-dealkylation sites (tertiary alicyclic amines) is 2. The minimum atomic E-state index is -0.438. The zero-order valence-electron chi connectivity index (χ0n) is 20.5. The number of carbonyl (C=O) groups excluding carboxylic acids is 2. The first-order valence-corrected chi connectivity index (χ1v) is 13.2. The lowest BCUT2D eigenvalue weighted by molar-refractivity contribution is 0.0722. The van der Waals surface area contributed by atoms with Crippen molar-refractivity contribution in [1.29, 1.82) is 0 Å². The monoisotopic (exact) mass is 476 g/mol. The number of nitrogens with one attached hydrogen (secondary N) is 1. The van der Waals surface area contributed by atoms with E-state index in [0.717, 1.165) is 71.0 Å². The van der Waals surface area contributed by atoms with Crippen LogP contribution in [0.15, 0.2) is 47.5 Å². The van der Waals surface area contributed by atoms with Crippen LogP contribution >= 0.6 is 0 Å². The molecule has 7 heteroatoms. The van der Waals surface area contributed by atoms with E-state index in [1.165, 1.54) is 5.56 Å². The smallest absolute Gasteiger partial charge is 0.259 e. The number of piperidine rings is 1. The summed E-state index contributed by atoms with van der Waals surface area (Å²) >= 11 is 0. The number of rotatable bonds is 6. The molecule has 1 aromatic carbocycles. The SMILES string of the molecule is O=C(N[C@@H]1CCN(Cc2ccccc2)C1)c1cn(C2CCCC2)cc(C(=O)N2CCCCC2)c1=O. The average molecular weight is 477 g/mol. The molecule has 1 atom stereocenters. The highest BCUT2D eigenvalue weighted by atomic mass is 16.2. The van der Waals surface area contributed by atoms with Crippen LogP contribution in [0.2, 0.25) is 0 Å². The van der Waals surface area contributed by atoms with E-state index >= 15 is 0 Å². The second-order valence-electron chi connectivity index (χ2n) is 10.3. The molecule has 0 spiro atoms. The van der Waals surface area contributed by atoms with Gasteiger partial charge < -0.3 is 14.8 Å². The molecular formula is C28H36N4O3. The summed E-state index contributed by atoms with van der Waals surface area (Å²) in [6.45, 7) is 3.86. The number of pyridine rings is 1. The molecule has 1 aromatic heterocycles. The molecule has 35 heavy (non-hydrogen) atoms. The highest BCUT2D eigenvalue weighted by Gasteiger charge is 2.29. The summed E-state index contributed by atoms with van der Waals surface area (Å²) in [5.74, 6) is -0.590. The predicted molar refractivity (Wildman–Crippen MR) is 136 cm³/mol. The molecule has 2 amide bonds. The average Bonchev–Trinajstić information content (AvgIpc) is 3.58. The van der Waals surface area contributed by atoms with Gasteiger partial charge in [-0.05, 0) is 44.1 Å². The minimum absolute atomic E-state index is 0.00741. The Morgan fingerprint density at radius 2 is 1.57 bits per heavy atom. The molecule has 3 aliphatic rings. The van der Waals surface area contributed by atoms with Crippen molar-refractivity contribution in [1.82, 2.24) is 19.7 Å². The molecule has 0 unspecified atom stereocenters. The molecule has 2 aromatic rings. The van der Waals surface area contributed by atoms with Crippen LogP contribution in [0.1, 0.15) is 83.7 Å². The van der Waals surface area contributed by atoms with Gasteiger partial charge in [0.1, 0.15) is 11.1 Å². The normalized spacial score (nSPS) is 21.4. The topological polar surface area (TPSA) is 74.7 Å². The first kappa shape index (κ1) is 23.8. The van der Waals surface area contributed by atoms with Gasteiger partial charge in [0.25, 0.3) is 11.8 Å². The maximum atomic E-state index is 13.4. The molecule has 1 aliphatic carbocycles. The molecule has 1 saturated carbocycles. The van der Waals surface area contributed by atoms with Crippen LogP contribution < -0.4 is 10.7 Å². The fourth-order valence-electron chi connectivity index (χ4n) is 5.79. The molecule has 2 saturated heterocycles. The van der Waals surface area contributed by atoms with Gasteiger partial charge in [0.2, 0.25) is 5.43 Å². The second-order valence-corrected chi connectivity index (χ2v) is 10.3. The Morgan fingerprint density at radius 3 is 2.31 bits per heavy atom. The Labute approximate surface area is 207 Å². The van der Waals surface area contributed by atoms with Crippen LogP contribution in [0.3, 0.4) is 0 Å². The number of aromatic nitrogens is 1. The highest BCUT2D eigenvalue weighted by molar-refractivity contribution is 5.99.